The lowest BCUT2D eigenvalue weighted by Gasteiger charge is -2.13. The van der Waals surface area contributed by atoms with Gasteiger partial charge in [-0.3, -0.25) is 4.79 Å². The number of carbonyl (C=O) groups is 1. The van der Waals surface area contributed by atoms with Crippen molar-refractivity contribution in [3.05, 3.63) is 132 Å². The minimum Gasteiger partial charge on any atom is -0.457 e. The van der Waals surface area contributed by atoms with Crippen LogP contribution in [0.2, 0.25) is 0 Å². The second-order valence-electron chi connectivity index (χ2n) is 9.45. The Morgan fingerprint density at radius 1 is 0.705 bits per heavy atom. The molecule has 0 aliphatic rings. The van der Waals surface area contributed by atoms with Crippen molar-refractivity contribution in [1.82, 2.24) is 14.6 Å². The predicted octanol–water partition coefficient (Wildman–Crippen LogP) is 8.53. The Hall–Kier alpha value is -5.78. The van der Waals surface area contributed by atoms with Gasteiger partial charge in [0.25, 0.3) is 5.91 Å². The van der Waals surface area contributed by atoms with Crippen molar-refractivity contribution in [1.29, 1.82) is 0 Å². The van der Waals surface area contributed by atoms with E-state index in [1.807, 2.05) is 0 Å². The molecule has 12 heteroatoms. The van der Waals surface area contributed by atoms with Crippen molar-refractivity contribution in [2.24, 2.45) is 0 Å². The maximum absolute atomic E-state index is 14.0. The topological polar surface area (TPSA) is 77.8 Å². The van der Waals surface area contributed by atoms with Crippen molar-refractivity contribution < 1.29 is 36.2 Å². The van der Waals surface area contributed by atoms with E-state index < -0.39 is 29.4 Å². The molecule has 0 fully saturated rings. The van der Waals surface area contributed by atoms with E-state index in [-0.39, 0.29) is 45.7 Å². The van der Waals surface area contributed by atoms with E-state index >= 15 is 0 Å². The van der Waals surface area contributed by atoms with E-state index in [0.717, 1.165) is 12.1 Å². The highest BCUT2D eigenvalue weighted by Gasteiger charge is 2.35. The van der Waals surface area contributed by atoms with Crippen LogP contribution >= 0.6 is 0 Å². The number of nitrogens with one attached hydrogen (secondary N) is 1. The molecule has 6 aromatic rings. The molecule has 0 radical (unpaired) electrons. The van der Waals surface area contributed by atoms with Gasteiger partial charge in [-0.15, -0.1) is 0 Å². The summed E-state index contributed by atoms with van der Waals surface area (Å²) < 4.78 is 80.9. The van der Waals surface area contributed by atoms with Crippen LogP contribution < -0.4 is 14.8 Å². The molecule has 1 amide bonds. The largest absolute Gasteiger partial charge is 0.457 e. The fraction of sp³-hybridized carbons (Fsp3) is 0.0312. The number of anilines is 1. The summed E-state index contributed by atoms with van der Waals surface area (Å²) in [5, 5.41) is 6.49. The van der Waals surface area contributed by atoms with E-state index in [2.05, 4.69) is 15.4 Å². The van der Waals surface area contributed by atoms with Gasteiger partial charge >= 0.3 is 6.18 Å². The Labute approximate surface area is 246 Å². The minimum absolute atomic E-state index is 0.0607. The first kappa shape index (κ1) is 28.3. The number of nitrogens with zero attached hydrogens (tertiary/aromatic N) is 3. The third-order valence-corrected chi connectivity index (χ3v) is 6.26. The van der Waals surface area contributed by atoms with Crippen molar-refractivity contribution in [3.63, 3.8) is 0 Å². The number of ether oxygens (including phenoxy) is 2. The number of carbonyl (C=O) groups excluding carboxylic acids is 1. The predicted molar refractivity (Wildman–Crippen MR) is 151 cm³/mol. The van der Waals surface area contributed by atoms with Crippen LogP contribution in [0, 0.1) is 11.6 Å². The number of hydrogen-bond donors (Lipinski definition) is 1. The minimum atomic E-state index is -4.79. The highest BCUT2D eigenvalue weighted by Crippen LogP contribution is 2.34. The number of fused-ring (bicyclic) bond motifs is 1. The molecule has 0 unspecified atom stereocenters. The molecule has 0 saturated heterocycles. The number of amides is 1. The standard InChI is InChI=1S/C32H19F5N4O3/c33-20-6-10-23(11-7-20)43-25-14-22(15-26(16-25)44-24-12-8-21(34)9-13-24)38-31(42)28-18-30-39-27(19-4-2-1-3-5-19)17-29(32(35,36)37)41(30)40-28/h1-18H,(H,38,42). The average Bonchev–Trinajstić information content (AvgIpc) is 3.43. The maximum Gasteiger partial charge on any atom is 0.433 e. The van der Waals surface area contributed by atoms with Crippen molar-refractivity contribution >= 4 is 17.2 Å². The monoisotopic (exact) mass is 602 g/mol. The first-order valence-corrected chi connectivity index (χ1v) is 13.0. The molecule has 0 atom stereocenters. The van der Waals surface area contributed by atoms with Gasteiger partial charge in [0.15, 0.2) is 17.0 Å². The SMILES string of the molecule is O=C(Nc1cc(Oc2ccc(F)cc2)cc(Oc2ccc(F)cc2)c1)c1cc2nc(-c3ccccc3)cc(C(F)(F)F)n2n1. The Morgan fingerprint density at radius 2 is 1.27 bits per heavy atom. The number of alkyl halides is 3. The maximum atomic E-state index is 14.0. The second-order valence-corrected chi connectivity index (χ2v) is 9.45. The quantitative estimate of drug-likeness (QED) is 0.185. The molecule has 2 aromatic heterocycles. The van der Waals surface area contributed by atoms with Gasteiger partial charge in [-0.05, 0) is 54.6 Å². The molecule has 220 valence electrons. The van der Waals surface area contributed by atoms with Gasteiger partial charge in [0.05, 0.1) is 5.69 Å². The average molecular weight is 603 g/mol. The molecule has 2 heterocycles. The molecule has 0 aliphatic carbocycles. The van der Waals surface area contributed by atoms with E-state index in [9.17, 15) is 26.7 Å². The molecule has 44 heavy (non-hydrogen) atoms. The summed E-state index contributed by atoms with van der Waals surface area (Å²) in [4.78, 5) is 17.5. The summed E-state index contributed by atoms with van der Waals surface area (Å²) in [6.07, 6.45) is -4.79. The van der Waals surface area contributed by atoms with Gasteiger partial charge in [0, 0.05) is 35.5 Å². The number of benzene rings is 4. The summed E-state index contributed by atoms with van der Waals surface area (Å²) in [6.45, 7) is 0. The van der Waals surface area contributed by atoms with Crippen LogP contribution in [0.4, 0.5) is 27.6 Å². The smallest absolute Gasteiger partial charge is 0.433 e. The summed E-state index contributed by atoms with van der Waals surface area (Å²) in [7, 11) is 0. The van der Waals surface area contributed by atoms with E-state index in [4.69, 9.17) is 9.47 Å². The van der Waals surface area contributed by atoms with Crippen LogP contribution in [-0.2, 0) is 6.18 Å². The zero-order valence-corrected chi connectivity index (χ0v) is 22.3. The highest BCUT2D eigenvalue weighted by atomic mass is 19.4. The third-order valence-electron chi connectivity index (χ3n) is 6.26. The van der Waals surface area contributed by atoms with Crippen LogP contribution in [0.5, 0.6) is 23.0 Å². The van der Waals surface area contributed by atoms with E-state index in [0.29, 0.717) is 10.1 Å². The molecule has 0 aliphatic heterocycles. The van der Waals surface area contributed by atoms with Crippen LogP contribution in [0.3, 0.4) is 0 Å². The Kier molecular flexibility index (Phi) is 7.39. The molecule has 0 spiro atoms. The molecule has 0 bridgehead atoms. The van der Waals surface area contributed by atoms with Crippen LogP contribution in [0.1, 0.15) is 16.2 Å². The van der Waals surface area contributed by atoms with Crippen LogP contribution in [0.15, 0.2) is 109 Å². The van der Waals surface area contributed by atoms with Gasteiger partial charge in [-0.1, -0.05) is 30.3 Å². The van der Waals surface area contributed by atoms with Gasteiger partial charge in [0.1, 0.15) is 34.6 Å². The lowest BCUT2D eigenvalue weighted by molar-refractivity contribution is -0.142. The summed E-state index contributed by atoms with van der Waals surface area (Å²) in [6, 6.07) is 25.1. The number of hydrogen-bond acceptors (Lipinski definition) is 5. The first-order valence-electron chi connectivity index (χ1n) is 13.0. The molecule has 0 saturated carbocycles. The lowest BCUT2D eigenvalue weighted by Crippen LogP contribution is -2.15. The van der Waals surface area contributed by atoms with Crippen molar-refractivity contribution in [2.45, 2.75) is 6.18 Å². The fourth-order valence-electron chi connectivity index (χ4n) is 4.28. The summed E-state index contributed by atoms with van der Waals surface area (Å²) in [5.74, 6) is -0.858. The van der Waals surface area contributed by atoms with Gasteiger partial charge < -0.3 is 14.8 Å². The number of halogens is 5. The molecule has 1 N–H and O–H groups in total. The normalized spacial score (nSPS) is 11.4. The number of rotatable bonds is 7. The number of aromatic nitrogens is 3. The lowest BCUT2D eigenvalue weighted by atomic mass is 10.1. The van der Waals surface area contributed by atoms with Crippen LogP contribution in [-0.4, -0.2) is 20.5 Å². The molecular weight excluding hydrogens is 583 g/mol. The van der Waals surface area contributed by atoms with Crippen molar-refractivity contribution in [3.8, 4) is 34.3 Å². The molecule has 7 nitrogen and oxygen atoms in total. The van der Waals surface area contributed by atoms with Crippen LogP contribution in [0.25, 0.3) is 16.9 Å². The Morgan fingerprint density at radius 3 is 1.82 bits per heavy atom. The first-order chi connectivity index (χ1) is 21.1. The van der Waals surface area contributed by atoms with Gasteiger partial charge in [-0.25, -0.2) is 18.3 Å². The Bertz CT molecular complexity index is 1890. The third kappa shape index (κ3) is 6.33. The Balaban J connectivity index is 1.34. The van der Waals surface area contributed by atoms with Gasteiger partial charge in [-0.2, -0.15) is 18.3 Å². The second kappa shape index (κ2) is 11.5. The van der Waals surface area contributed by atoms with Crippen molar-refractivity contribution in [2.75, 3.05) is 5.32 Å². The summed E-state index contributed by atoms with van der Waals surface area (Å²) >= 11 is 0. The zero-order valence-electron chi connectivity index (χ0n) is 22.3. The fourth-order valence-corrected chi connectivity index (χ4v) is 4.28. The molecule has 6 rings (SSSR count). The molecular formula is C32H19F5N4O3. The van der Waals surface area contributed by atoms with Gasteiger partial charge in [0.2, 0.25) is 0 Å². The summed E-state index contributed by atoms with van der Waals surface area (Å²) in [5.41, 5.74) is -0.968. The zero-order chi connectivity index (χ0) is 30.8. The van der Waals surface area contributed by atoms with E-state index in [1.165, 1.54) is 66.7 Å². The molecule has 4 aromatic carbocycles. The highest BCUT2D eigenvalue weighted by molar-refractivity contribution is 6.03. The van der Waals surface area contributed by atoms with E-state index in [1.54, 1.807) is 30.3 Å².